The van der Waals surface area contributed by atoms with Crippen molar-refractivity contribution in [2.24, 2.45) is 11.8 Å². The van der Waals surface area contributed by atoms with Gasteiger partial charge in [-0.25, -0.2) is 16.8 Å². The molecule has 4 rings (SSSR count). The Bertz CT molecular complexity index is 1210. The SMILES string of the molecule is CC(=O)OCC1=C(CC(S(=O)(=O)c2ccccc2)S(=O)(=O)c2ccccc2)[C@@H]2C=C[C@H]1C2. The molecule has 0 N–H and O–H groups in total. The molecule has 0 aromatic heterocycles. The maximum atomic E-state index is 13.6. The summed E-state index contributed by atoms with van der Waals surface area (Å²) in [6.45, 7) is 1.35. The molecule has 0 aliphatic heterocycles. The van der Waals surface area contributed by atoms with Crippen molar-refractivity contribution in [3.05, 3.63) is 84.0 Å². The van der Waals surface area contributed by atoms with E-state index in [-0.39, 0.29) is 34.7 Å². The minimum atomic E-state index is -4.22. The lowest BCUT2D eigenvalue weighted by Gasteiger charge is -2.23. The van der Waals surface area contributed by atoms with Crippen molar-refractivity contribution in [3.63, 3.8) is 0 Å². The maximum absolute atomic E-state index is 13.6. The number of fused-ring (bicyclic) bond motifs is 2. The fourth-order valence-electron chi connectivity index (χ4n) is 4.44. The van der Waals surface area contributed by atoms with Crippen molar-refractivity contribution in [2.45, 2.75) is 34.1 Å². The zero-order valence-electron chi connectivity index (χ0n) is 17.5. The van der Waals surface area contributed by atoms with E-state index in [1.54, 1.807) is 36.4 Å². The largest absolute Gasteiger partial charge is 0.461 e. The average molecular weight is 473 g/mol. The highest BCUT2D eigenvalue weighted by Gasteiger charge is 2.44. The molecular weight excluding hydrogens is 448 g/mol. The lowest BCUT2D eigenvalue weighted by molar-refractivity contribution is -0.140. The van der Waals surface area contributed by atoms with Crippen molar-refractivity contribution < 1.29 is 26.4 Å². The molecule has 0 heterocycles. The first kappa shape index (κ1) is 22.5. The fraction of sp³-hybridized carbons (Fsp3) is 0.292. The Balaban J connectivity index is 1.81. The number of allylic oxidation sites excluding steroid dienone is 3. The van der Waals surface area contributed by atoms with E-state index >= 15 is 0 Å². The Morgan fingerprint density at radius 2 is 1.31 bits per heavy atom. The number of carbonyl (C=O) groups is 1. The molecule has 8 heteroatoms. The molecule has 6 nitrogen and oxygen atoms in total. The third-order valence-corrected chi connectivity index (χ3v) is 11.1. The molecule has 0 radical (unpaired) electrons. The van der Waals surface area contributed by atoms with E-state index in [0.29, 0.717) is 0 Å². The van der Waals surface area contributed by atoms with Crippen LogP contribution < -0.4 is 0 Å². The topological polar surface area (TPSA) is 94.6 Å². The number of esters is 1. The summed E-state index contributed by atoms with van der Waals surface area (Å²) in [5.41, 5.74) is 1.55. The summed E-state index contributed by atoms with van der Waals surface area (Å²) in [7, 11) is -8.44. The zero-order chi connectivity index (χ0) is 22.9. The molecule has 0 saturated carbocycles. The van der Waals surface area contributed by atoms with Crippen LogP contribution in [0.15, 0.2) is 93.8 Å². The molecule has 168 valence electrons. The highest BCUT2D eigenvalue weighted by Crippen LogP contribution is 2.47. The van der Waals surface area contributed by atoms with Crippen molar-refractivity contribution >= 4 is 25.6 Å². The minimum absolute atomic E-state index is 0.0360. The second-order valence-electron chi connectivity index (χ2n) is 8.01. The van der Waals surface area contributed by atoms with E-state index in [9.17, 15) is 21.6 Å². The number of ether oxygens (including phenoxy) is 1. The highest BCUT2D eigenvalue weighted by atomic mass is 32.3. The molecular formula is C24H24O6S2. The van der Waals surface area contributed by atoms with E-state index in [0.717, 1.165) is 17.6 Å². The first-order valence-electron chi connectivity index (χ1n) is 10.3. The lowest BCUT2D eigenvalue weighted by atomic mass is 9.95. The second kappa shape index (κ2) is 8.67. The molecule has 2 bridgehead atoms. The van der Waals surface area contributed by atoms with E-state index < -0.39 is 30.2 Å². The van der Waals surface area contributed by atoms with Gasteiger partial charge in [-0.1, -0.05) is 54.1 Å². The number of rotatable bonds is 8. The van der Waals surface area contributed by atoms with Gasteiger partial charge in [-0.2, -0.15) is 0 Å². The predicted molar refractivity (Wildman–Crippen MR) is 120 cm³/mol. The zero-order valence-corrected chi connectivity index (χ0v) is 19.2. The third kappa shape index (κ3) is 4.17. The van der Waals surface area contributed by atoms with Gasteiger partial charge < -0.3 is 4.74 Å². The van der Waals surface area contributed by atoms with Crippen LogP contribution >= 0.6 is 0 Å². The van der Waals surface area contributed by atoms with Crippen molar-refractivity contribution in [3.8, 4) is 0 Å². The van der Waals surface area contributed by atoms with Gasteiger partial charge in [0, 0.05) is 19.3 Å². The van der Waals surface area contributed by atoms with E-state index in [2.05, 4.69) is 0 Å². The second-order valence-corrected chi connectivity index (χ2v) is 12.6. The molecule has 2 aromatic rings. The Hall–Kier alpha value is -2.71. The quantitative estimate of drug-likeness (QED) is 0.429. The monoisotopic (exact) mass is 472 g/mol. The van der Waals surface area contributed by atoms with Crippen molar-refractivity contribution in [1.82, 2.24) is 0 Å². The standard InChI is InChI=1S/C24H24O6S2/c1-17(25)30-16-23-19-13-12-18(14-19)22(23)15-24(31(26,27)20-8-4-2-5-9-20)32(28,29)21-10-6-3-7-11-21/h2-13,18-19,24H,14-16H2,1H3/t18-,19+/m1/s1. The molecule has 2 aliphatic carbocycles. The van der Waals surface area contributed by atoms with Crippen molar-refractivity contribution in [2.75, 3.05) is 6.61 Å². The number of carbonyl (C=O) groups excluding carboxylic acids is 1. The van der Waals surface area contributed by atoms with Crippen LogP contribution in [0.2, 0.25) is 0 Å². The fourth-order valence-corrected chi connectivity index (χ4v) is 8.92. The van der Waals surface area contributed by atoms with Gasteiger partial charge >= 0.3 is 5.97 Å². The van der Waals surface area contributed by atoms with E-state index in [1.807, 2.05) is 12.2 Å². The maximum Gasteiger partial charge on any atom is 0.302 e. The molecule has 2 aliphatic rings. The van der Waals surface area contributed by atoms with E-state index in [1.165, 1.54) is 31.2 Å². The van der Waals surface area contributed by atoms with Crippen molar-refractivity contribution in [1.29, 1.82) is 0 Å². The summed E-state index contributed by atoms with van der Waals surface area (Å²) in [6.07, 6.45) is 4.57. The molecule has 0 spiro atoms. The van der Waals surface area contributed by atoms with Gasteiger partial charge in [0.05, 0.1) is 9.79 Å². The molecule has 2 atom stereocenters. The number of benzene rings is 2. The summed E-state index contributed by atoms with van der Waals surface area (Å²) in [5, 5.41) is 0. The van der Waals surface area contributed by atoms with Crippen LogP contribution in [0.25, 0.3) is 0 Å². The Labute approximate surface area is 188 Å². The Morgan fingerprint density at radius 1 is 0.844 bits per heavy atom. The van der Waals surface area contributed by atoms with Gasteiger partial charge in [-0.3, -0.25) is 4.79 Å². The summed E-state index contributed by atoms with van der Waals surface area (Å²) >= 11 is 0. The van der Waals surface area contributed by atoms with Crippen LogP contribution in [0.1, 0.15) is 19.8 Å². The minimum Gasteiger partial charge on any atom is -0.461 e. The number of hydrogen-bond acceptors (Lipinski definition) is 6. The first-order valence-corrected chi connectivity index (χ1v) is 13.4. The van der Waals surface area contributed by atoms with Crippen LogP contribution in [-0.2, 0) is 29.2 Å². The van der Waals surface area contributed by atoms with Crippen LogP contribution in [0.4, 0.5) is 0 Å². The lowest BCUT2D eigenvalue weighted by Crippen LogP contribution is -2.32. The molecule has 0 unspecified atom stereocenters. The number of sulfone groups is 2. The van der Waals surface area contributed by atoms with Gasteiger partial charge in [0.2, 0.25) is 0 Å². The van der Waals surface area contributed by atoms with Crippen LogP contribution in [0.3, 0.4) is 0 Å². The summed E-state index contributed by atoms with van der Waals surface area (Å²) in [5.74, 6) is -0.451. The normalized spacial score (nSPS) is 20.2. The first-order chi connectivity index (χ1) is 15.2. The predicted octanol–water partition coefficient (Wildman–Crippen LogP) is 3.72. The van der Waals surface area contributed by atoms with Gasteiger partial charge in [-0.05, 0) is 42.2 Å². The number of hydrogen-bond donors (Lipinski definition) is 0. The summed E-state index contributed by atoms with van der Waals surface area (Å²) in [6, 6.07) is 15.3. The molecule has 32 heavy (non-hydrogen) atoms. The van der Waals surface area contributed by atoms with Gasteiger partial charge in [-0.15, -0.1) is 0 Å². The smallest absolute Gasteiger partial charge is 0.302 e. The van der Waals surface area contributed by atoms with Crippen LogP contribution in [0, 0.1) is 11.8 Å². The average Bonchev–Trinajstić information content (AvgIpc) is 3.38. The Morgan fingerprint density at radius 3 is 1.78 bits per heavy atom. The van der Waals surface area contributed by atoms with Gasteiger partial charge in [0.15, 0.2) is 24.3 Å². The summed E-state index contributed by atoms with van der Waals surface area (Å²) in [4.78, 5) is 11.3. The summed E-state index contributed by atoms with van der Waals surface area (Å²) < 4.78 is 58.0. The molecule has 2 aromatic carbocycles. The van der Waals surface area contributed by atoms with Crippen LogP contribution in [-0.4, -0.2) is 34.0 Å². The Kier molecular flexibility index (Phi) is 6.09. The van der Waals surface area contributed by atoms with Gasteiger partial charge in [0.25, 0.3) is 0 Å². The van der Waals surface area contributed by atoms with Gasteiger partial charge in [0.1, 0.15) is 6.61 Å². The van der Waals surface area contributed by atoms with E-state index in [4.69, 9.17) is 4.74 Å². The van der Waals surface area contributed by atoms with Crippen LogP contribution in [0.5, 0.6) is 0 Å². The third-order valence-electron chi connectivity index (χ3n) is 6.04. The molecule has 0 amide bonds. The molecule has 0 fully saturated rings. The highest BCUT2D eigenvalue weighted by molar-refractivity contribution is 8.09. The molecule has 0 saturated heterocycles.